The highest BCUT2D eigenvalue weighted by molar-refractivity contribution is 9.10. The standard InChI is InChI=1S/C24H13BrN2S2/c25-18-8-5-15(6-9-18)11-17(13-26)24-27-21(14-28-24)16-7-10-23-20(12-16)19-3-1-2-4-22(19)29-23/h1-12,14H/b17-11+. The Balaban J connectivity index is 1.54. The maximum Gasteiger partial charge on any atom is 0.134 e. The van der Waals surface area contributed by atoms with Gasteiger partial charge in [-0.2, -0.15) is 5.26 Å². The van der Waals surface area contributed by atoms with Crippen molar-refractivity contribution in [3.8, 4) is 17.3 Å². The molecule has 0 fully saturated rings. The minimum atomic E-state index is 0.575. The maximum atomic E-state index is 9.65. The molecule has 0 saturated carbocycles. The molecule has 138 valence electrons. The van der Waals surface area contributed by atoms with Crippen LogP contribution in [0, 0.1) is 11.3 Å². The molecule has 5 rings (SSSR count). The van der Waals surface area contributed by atoms with Gasteiger partial charge < -0.3 is 0 Å². The average Bonchev–Trinajstić information content (AvgIpc) is 3.38. The lowest BCUT2D eigenvalue weighted by Crippen LogP contribution is -1.83. The lowest BCUT2D eigenvalue weighted by molar-refractivity contribution is 1.37. The van der Waals surface area contributed by atoms with Crippen LogP contribution < -0.4 is 0 Å². The topological polar surface area (TPSA) is 36.7 Å². The van der Waals surface area contributed by atoms with E-state index in [1.165, 1.54) is 31.5 Å². The summed E-state index contributed by atoms with van der Waals surface area (Å²) in [5.41, 5.74) is 3.53. The quantitative estimate of drug-likeness (QED) is 0.249. The number of nitriles is 1. The number of hydrogen-bond donors (Lipinski definition) is 0. The van der Waals surface area contributed by atoms with Crippen LogP contribution >= 0.6 is 38.6 Å². The third-order valence-corrected chi connectivity index (χ3v) is 7.26. The van der Waals surface area contributed by atoms with Crippen LogP contribution in [-0.4, -0.2) is 4.98 Å². The highest BCUT2D eigenvalue weighted by Gasteiger charge is 2.11. The van der Waals surface area contributed by atoms with Gasteiger partial charge in [-0.05, 0) is 42.0 Å². The Morgan fingerprint density at radius 1 is 0.966 bits per heavy atom. The normalized spacial score (nSPS) is 11.8. The highest BCUT2D eigenvalue weighted by atomic mass is 79.9. The molecule has 0 bridgehead atoms. The molecule has 0 aliphatic carbocycles. The van der Waals surface area contributed by atoms with Gasteiger partial charge >= 0.3 is 0 Å². The van der Waals surface area contributed by atoms with Crippen molar-refractivity contribution in [1.29, 1.82) is 5.26 Å². The molecule has 0 N–H and O–H groups in total. The number of fused-ring (bicyclic) bond motifs is 3. The first-order chi connectivity index (χ1) is 14.2. The van der Waals surface area contributed by atoms with Gasteiger partial charge in [0, 0.05) is 35.6 Å². The summed E-state index contributed by atoms with van der Waals surface area (Å²) in [7, 11) is 0. The SMILES string of the molecule is N#C/C(=C\c1ccc(Br)cc1)c1nc(-c2ccc3sc4ccccc4c3c2)cs1. The van der Waals surface area contributed by atoms with Gasteiger partial charge in [0.15, 0.2) is 0 Å². The van der Waals surface area contributed by atoms with Gasteiger partial charge in [-0.3, -0.25) is 0 Å². The van der Waals surface area contributed by atoms with Crippen LogP contribution in [0.3, 0.4) is 0 Å². The zero-order chi connectivity index (χ0) is 19.8. The number of thiophene rings is 1. The molecule has 5 aromatic rings. The number of aromatic nitrogens is 1. The third-order valence-electron chi connectivity index (χ3n) is 4.71. The van der Waals surface area contributed by atoms with Crippen molar-refractivity contribution >= 4 is 70.4 Å². The molecule has 0 aliphatic rings. The number of thiazole rings is 1. The monoisotopic (exact) mass is 472 g/mol. The van der Waals surface area contributed by atoms with Crippen molar-refractivity contribution in [2.24, 2.45) is 0 Å². The predicted molar refractivity (Wildman–Crippen MR) is 128 cm³/mol. The molecule has 2 heterocycles. The summed E-state index contributed by atoms with van der Waals surface area (Å²) < 4.78 is 3.59. The van der Waals surface area contributed by atoms with E-state index >= 15 is 0 Å². The average molecular weight is 473 g/mol. The number of halogens is 1. The molecule has 0 spiro atoms. The molecule has 0 amide bonds. The highest BCUT2D eigenvalue weighted by Crippen LogP contribution is 2.36. The van der Waals surface area contributed by atoms with Crippen LogP contribution in [0.4, 0.5) is 0 Å². The van der Waals surface area contributed by atoms with Crippen molar-refractivity contribution in [1.82, 2.24) is 4.98 Å². The predicted octanol–water partition coefficient (Wildman–Crippen LogP) is 8.00. The molecule has 5 heteroatoms. The number of allylic oxidation sites excluding steroid dienone is 1. The minimum absolute atomic E-state index is 0.575. The second-order valence-electron chi connectivity index (χ2n) is 6.57. The zero-order valence-corrected chi connectivity index (χ0v) is 18.3. The Kier molecular flexibility index (Phi) is 4.76. The number of rotatable bonds is 3. The largest absolute Gasteiger partial charge is 0.235 e. The van der Waals surface area contributed by atoms with Crippen LogP contribution in [0.2, 0.25) is 0 Å². The Morgan fingerprint density at radius 2 is 1.76 bits per heavy atom. The van der Waals surface area contributed by atoms with Gasteiger partial charge in [0.2, 0.25) is 0 Å². The molecular formula is C24H13BrN2S2. The summed E-state index contributed by atoms with van der Waals surface area (Å²) >= 11 is 6.75. The summed E-state index contributed by atoms with van der Waals surface area (Å²) in [6.07, 6.45) is 1.88. The fourth-order valence-electron chi connectivity index (χ4n) is 3.28. The van der Waals surface area contributed by atoms with Crippen LogP contribution in [0.25, 0.3) is 43.1 Å². The van der Waals surface area contributed by atoms with Gasteiger partial charge in [-0.1, -0.05) is 52.3 Å². The van der Waals surface area contributed by atoms with E-state index in [-0.39, 0.29) is 0 Å². The smallest absolute Gasteiger partial charge is 0.134 e. The van der Waals surface area contributed by atoms with Gasteiger partial charge in [0.05, 0.1) is 11.3 Å². The fraction of sp³-hybridized carbons (Fsp3) is 0. The van der Waals surface area contributed by atoms with E-state index in [0.29, 0.717) is 5.57 Å². The van der Waals surface area contributed by atoms with Crippen LogP contribution in [0.1, 0.15) is 10.6 Å². The molecular weight excluding hydrogens is 460 g/mol. The van der Waals surface area contributed by atoms with Gasteiger partial charge in [0.25, 0.3) is 0 Å². The van der Waals surface area contributed by atoms with E-state index < -0.39 is 0 Å². The molecule has 29 heavy (non-hydrogen) atoms. The second kappa shape index (κ2) is 7.57. The van der Waals surface area contributed by atoms with Crippen LogP contribution in [0.5, 0.6) is 0 Å². The number of nitrogens with zero attached hydrogens (tertiary/aromatic N) is 2. The van der Waals surface area contributed by atoms with E-state index in [2.05, 4.69) is 64.5 Å². The summed E-state index contributed by atoms with van der Waals surface area (Å²) in [4.78, 5) is 4.76. The van der Waals surface area contributed by atoms with Crippen molar-refractivity contribution in [2.75, 3.05) is 0 Å². The van der Waals surface area contributed by atoms with Crippen molar-refractivity contribution < 1.29 is 0 Å². The van der Waals surface area contributed by atoms with E-state index in [0.717, 1.165) is 26.3 Å². The minimum Gasteiger partial charge on any atom is -0.235 e. The van der Waals surface area contributed by atoms with E-state index in [1.807, 2.05) is 47.1 Å². The molecule has 3 aromatic carbocycles. The molecule has 2 aromatic heterocycles. The Morgan fingerprint density at radius 3 is 2.59 bits per heavy atom. The van der Waals surface area contributed by atoms with E-state index in [9.17, 15) is 5.26 Å². The fourth-order valence-corrected chi connectivity index (χ4v) is 5.43. The first-order valence-corrected chi connectivity index (χ1v) is 11.4. The Hall–Kier alpha value is -2.78. The van der Waals surface area contributed by atoms with Crippen molar-refractivity contribution in [3.63, 3.8) is 0 Å². The molecule has 2 nitrogen and oxygen atoms in total. The third kappa shape index (κ3) is 3.51. The number of hydrogen-bond acceptors (Lipinski definition) is 4. The second-order valence-corrected chi connectivity index (χ2v) is 9.43. The summed E-state index contributed by atoms with van der Waals surface area (Å²) in [5.74, 6) is 0. The van der Waals surface area contributed by atoms with Gasteiger partial charge in [-0.15, -0.1) is 22.7 Å². The molecule has 0 unspecified atom stereocenters. The summed E-state index contributed by atoms with van der Waals surface area (Å²) in [6, 6.07) is 25.1. The molecule has 0 atom stereocenters. The van der Waals surface area contributed by atoms with Crippen LogP contribution in [-0.2, 0) is 0 Å². The van der Waals surface area contributed by atoms with Gasteiger partial charge in [0.1, 0.15) is 11.1 Å². The lowest BCUT2D eigenvalue weighted by Gasteiger charge is -1.99. The molecule has 0 radical (unpaired) electrons. The molecule has 0 saturated heterocycles. The first kappa shape index (κ1) is 18.3. The zero-order valence-electron chi connectivity index (χ0n) is 15.1. The Labute approximate surface area is 184 Å². The van der Waals surface area contributed by atoms with Gasteiger partial charge in [-0.25, -0.2) is 4.98 Å². The first-order valence-electron chi connectivity index (χ1n) is 8.96. The van der Waals surface area contributed by atoms with E-state index in [1.54, 1.807) is 0 Å². The van der Waals surface area contributed by atoms with Crippen molar-refractivity contribution in [2.45, 2.75) is 0 Å². The van der Waals surface area contributed by atoms with Crippen molar-refractivity contribution in [3.05, 3.63) is 87.2 Å². The van der Waals surface area contributed by atoms with Crippen LogP contribution in [0.15, 0.2) is 76.6 Å². The Bertz CT molecular complexity index is 1420. The lowest BCUT2D eigenvalue weighted by atomic mass is 10.1. The molecule has 0 aliphatic heterocycles. The summed E-state index contributed by atoms with van der Waals surface area (Å²) in [5, 5.41) is 14.9. The van der Waals surface area contributed by atoms with E-state index in [4.69, 9.17) is 4.98 Å². The maximum absolute atomic E-state index is 9.65. The number of benzene rings is 3. The summed E-state index contributed by atoms with van der Waals surface area (Å²) in [6.45, 7) is 0.